The average Bonchev–Trinajstić information content (AvgIpc) is 3.09. The molecule has 1 N–H and O–H groups in total. The third-order valence-corrected chi connectivity index (χ3v) is 5.33. The van der Waals surface area contributed by atoms with Crippen LogP contribution < -0.4 is 5.32 Å². The molecule has 29 heavy (non-hydrogen) atoms. The van der Waals surface area contributed by atoms with Gasteiger partial charge in [0.1, 0.15) is 17.3 Å². The second kappa shape index (κ2) is 8.11. The number of hydrogen-bond donors (Lipinski definition) is 1. The topological polar surface area (TPSA) is 60.1 Å². The molecule has 4 rings (SSSR count). The van der Waals surface area contributed by atoms with E-state index in [1.165, 1.54) is 12.5 Å². The number of hydrogen-bond acceptors (Lipinski definition) is 3. The van der Waals surface area contributed by atoms with Crippen molar-refractivity contribution in [1.82, 2.24) is 9.55 Å². The third kappa shape index (κ3) is 4.67. The summed E-state index contributed by atoms with van der Waals surface area (Å²) in [7, 11) is 0. The van der Waals surface area contributed by atoms with E-state index in [0.29, 0.717) is 23.5 Å². The minimum Gasteiger partial charge on any atom is -0.461 e. The number of nitrogens with one attached hydrogen (secondary N) is 1. The fraction of sp³-hybridized carbons (Fsp3) is 0.333. The number of carbonyl (C=O) groups is 1. The van der Waals surface area contributed by atoms with Gasteiger partial charge in [-0.2, -0.15) is 0 Å². The third-order valence-electron chi connectivity index (χ3n) is 5.33. The highest BCUT2D eigenvalue weighted by atomic mass is 16.3. The number of benzene rings is 1. The van der Waals surface area contributed by atoms with Gasteiger partial charge in [-0.1, -0.05) is 32.9 Å². The normalized spacial score (nSPS) is 18.5. The Balaban J connectivity index is 1.37. The highest BCUT2D eigenvalue weighted by Gasteiger charge is 2.36. The van der Waals surface area contributed by atoms with E-state index >= 15 is 0 Å². The molecule has 5 heteroatoms. The summed E-state index contributed by atoms with van der Waals surface area (Å²) in [5.41, 5.74) is 1.89. The Morgan fingerprint density at radius 2 is 2.17 bits per heavy atom. The summed E-state index contributed by atoms with van der Waals surface area (Å²) in [5.74, 6) is 4.22. The van der Waals surface area contributed by atoms with E-state index < -0.39 is 0 Å². The summed E-state index contributed by atoms with van der Waals surface area (Å²) in [6, 6.07) is 11.8. The molecule has 150 valence electrons. The first-order valence-corrected chi connectivity index (χ1v) is 10.2. The first-order valence-electron chi connectivity index (χ1n) is 10.2. The number of aromatic nitrogens is 2. The van der Waals surface area contributed by atoms with Gasteiger partial charge in [0, 0.05) is 42.5 Å². The predicted octanol–water partition coefficient (Wildman–Crippen LogP) is 5.42. The standard InChI is InChI=1S/C24H27N3O2/c1-16(2)24-25-11-12-27(24)15-18-5-4-6-19(14-18)26-23(28)10-8-20-7-9-22(29-20)21-13-17(21)3/h4-12,14,16-17,21H,13,15H2,1-3H3,(H,26,28)/b10-8-. The number of carbonyl (C=O) groups excluding carboxylic acids is 1. The molecule has 0 radical (unpaired) electrons. The molecule has 1 aromatic carbocycles. The largest absolute Gasteiger partial charge is 0.461 e. The lowest BCUT2D eigenvalue weighted by Gasteiger charge is -2.11. The summed E-state index contributed by atoms with van der Waals surface area (Å²) in [6.45, 7) is 7.21. The van der Waals surface area contributed by atoms with Crippen molar-refractivity contribution in [1.29, 1.82) is 0 Å². The summed E-state index contributed by atoms with van der Waals surface area (Å²) in [5, 5.41) is 2.93. The molecule has 2 aromatic heterocycles. The Morgan fingerprint density at radius 1 is 1.34 bits per heavy atom. The average molecular weight is 389 g/mol. The molecule has 1 amide bonds. The van der Waals surface area contributed by atoms with Gasteiger partial charge in [-0.3, -0.25) is 4.79 Å². The van der Waals surface area contributed by atoms with Crippen LogP contribution in [0.4, 0.5) is 5.69 Å². The van der Waals surface area contributed by atoms with Gasteiger partial charge in [-0.15, -0.1) is 0 Å². The monoisotopic (exact) mass is 389 g/mol. The van der Waals surface area contributed by atoms with Crippen molar-refractivity contribution in [3.63, 3.8) is 0 Å². The summed E-state index contributed by atoms with van der Waals surface area (Å²) in [6.07, 6.45) is 8.23. The zero-order chi connectivity index (χ0) is 20.4. The van der Waals surface area contributed by atoms with Gasteiger partial charge in [0.05, 0.1) is 0 Å². The van der Waals surface area contributed by atoms with E-state index in [0.717, 1.165) is 29.4 Å². The van der Waals surface area contributed by atoms with Crippen LogP contribution in [-0.4, -0.2) is 15.5 Å². The van der Waals surface area contributed by atoms with E-state index in [2.05, 4.69) is 41.7 Å². The van der Waals surface area contributed by atoms with E-state index in [1.54, 1.807) is 6.08 Å². The molecule has 1 fully saturated rings. The van der Waals surface area contributed by atoms with Crippen LogP contribution >= 0.6 is 0 Å². The first kappa shape index (κ1) is 19.2. The quantitative estimate of drug-likeness (QED) is 0.549. The molecule has 1 saturated carbocycles. The molecule has 0 bridgehead atoms. The number of imidazole rings is 1. The number of furan rings is 1. The van der Waals surface area contributed by atoms with Crippen LogP contribution in [0.2, 0.25) is 0 Å². The lowest BCUT2D eigenvalue weighted by molar-refractivity contribution is -0.111. The van der Waals surface area contributed by atoms with Crippen LogP contribution in [0.1, 0.15) is 61.9 Å². The Morgan fingerprint density at radius 3 is 2.93 bits per heavy atom. The minimum atomic E-state index is -0.176. The highest BCUT2D eigenvalue weighted by molar-refractivity contribution is 6.01. The van der Waals surface area contributed by atoms with Crippen LogP contribution in [0.3, 0.4) is 0 Å². The van der Waals surface area contributed by atoms with E-state index in [9.17, 15) is 4.79 Å². The molecule has 0 aliphatic heterocycles. The molecular weight excluding hydrogens is 362 g/mol. The molecular formula is C24H27N3O2. The highest BCUT2D eigenvalue weighted by Crippen LogP contribution is 2.47. The van der Waals surface area contributed by atoms with Crippen LogP contribution in [0.15, 0.2) is 59.3 Å². The van der Waals surface area contributed by atoms with Crippen molar-refractivity contribution >= 4 is 17.7 Å². The van der Waals surface area contributed by atoms with Gasteiger partial charge in [-0.05, 0) is 48.2 Å². The van der Waals surface area contributed by atoms with Crippen molar-refractivity contribution in [2.45, 2.75) is 45.6 Å². The number of rotatable bonds is 7. The zero-order valence-electron chi connectivity index (χ0n) is 17.1. The van der Waals surface area contributed by atoms with Gasteiger partial charge < -0.3 is 14.3 Å². The van der Waals surface area contributed by atoms with Crippen molar-refractivity contribution in [2.75, 3.05) is 5.32 Å². The van der Waals surface area contributed by atoms with E-state index in [-0.39, 0.29) is 5.91 Å². The fourth-order valence-corrected chi connectivity index (χ4v) is 3.62. The molecule has 2 heterocycles. The number of amides is 1. The lowest BCUT2D eigenvalue weighted by Crippen LogP contribution is -2.09. The van der Waals surface area contributed by atoms with E-state index in [4.69, 9.17) is 4.42 Å². The van der Waals surface area contributed by atoms with Crippen molar-refractivity contribution in [3.05, 3.63) is 77.8 Å². The summed E-state index contributed by atoms with van der Waals surface area (Å²) >= 11 is 0. The number of nitrogens with zero attached hydrogens (tertiary/aromatic N) is 2. The van der Waals surface area contributed by atoms with Crippen LogP contribution in [0.5, 0.6) is 0 Å². The molecule has 1 aliphatic carbocycles. The predicted molar refractivity (Wildman–Crippen MR) is 115 cm³/mol. The second-order valence-electron chi connectivity index (χ2n) is 8.15. The van der Waals surface area contributed by atoms with Crippen molar-refractivity contribution in [3.8, 4) is 0 Å². The van der Waals surface area contributed by atoms with E-state index in [1.807, 2.05) is 42.7 Å². The maximum Gasteiger partial charge on any atom is 0.248 e. The Labute approximate surface area is 171 Å². The van der Waals surface area contributed by atoms with Gasteiger partial charge in [0.15, 0.2) is 0 Å². The molecule has 2 unspecified atom stereocenters. The van der Waals surface area contributed by atoms with Crippen molar-refractivity contribution in [2.24, 2.45) is 5.92 Å². The van der Waals surface area contributed by atoms with Gasteiger partial charge >= 0.3 is 0 Å². The Hall–Kier alpha value is -3.08. The molecule has 3 aromatic rings. The Bertz CT molecular complexity index is 1030. The molecule has 0 saturated heterocycles. The molecule has 5 nitrogen and oxygen atoms in total. The second-order valence-corrected chi connectivity index (χ2v) is 8.15. The summed E-state index contributed by atoms with van der Waals surface area (Å²) < 4.78 is 7.95. The zero-order valence-corrected chi connectivity index (χ0v) is 17.1. The SMILES string of the molecule is CC(C)c1nccn1Cc1cccc(NC(=O)/C=C\c2ccc(C3CC3C)o2)c1. The molecule has 1 aliphatic rings. The first-order chi connectivity index (χ1) is 14.0. The van der Waals surface area contributed by atoms with Crippen LogP contribution in [-0.2, 0) is 11.3 Å². The Kier molecular flexibility index (Phi) is 5.38. The molecule has 0 spiro atoms. The minimum absolute atomic E-state index is 0.176. The maximum absolute atomic E-state index is 12.3. The smallest absolute Gasteiger partial charge is 0.248 e. The van der Waals surface area contributed by atoms with Crippen LogP contribution in [0.25, 0.3) is 6.08 Å². The number of anilines is 1. The fourth-order valence-electron chi connectivity index (χ4n) is 3.62. The van der Waals surface area contributed by atoms with Crippen LogP contribution in [0, 0.1) is 5.92 Å². The van der Waals surface area contributed by atoms with Gasteiger partial charge in [-0.25, -0.2) is 4.98 Å². The van der Waals surface area contributed by atoms with Gasteiger partial charge in [0.25, 0.3) is 0 Å². The summed E-state index contributed by atoms with van der Waals surface area (Å²) in [4.78, 5) is 16.7. The maximum atomic E-state index is 12.3. The molecule has 2 atom stereocenters. The van der Waals surface area contributed by atoms with Gasteiger partial charge in [0.2, 0.25) is 5.91 Å². The lowest BCUT2D eigenvalue weighted by atomic mass is 10.1. The van der Waals surface area contributed by atoms with Crippen molar-refractivity contribution < 1.29 is 9.21 Å².